The Labute approximate surface area is 103 Å². The zero-order chi connectivity index (χ0) is 13.4. The van der Waals surface area contributed by atoms with Crippen LogP contribution in [0.5, 0.6) is 0 Å². The molecule has 5 nitrogen and oxygen atoms in total. The third kappa shape index (κ3) is 5.56. The van der Waals surface area contributed by atoms with Gasteiger partial charge in [0.2, 0.25) is 0 Å². The fourth-order valence-electron chi connectivity index (χ4n) is 1.42. The molecule has 0 aliphatic heterocycles. The van der Waals surface area contributed by atoms with Gasteiger partial charge in [0.05, 0.1) is 0 Å². The monoisotopic (exact) mass is 244 g/mol. The highest BCUT2D eigenvalue weighted by molar-refractivity contribution is 5.82. The standard InChI is InChI=1S/C12H24N2O3/c1-5-7-8-14(4)12(17)13-10(11(15)16)9(3)6-2/h9-10H,5-8H2,1-4H3,(H,13,17)(H,15,16)/t9?,10-/m0/s1. The van der Waals surface area contributed by atoms with Crippen molar-refractivity contribution in [3.05, 3.63) is 0 Å². The summed E-state index contributed by atoms with van der Waals surface area (Å²) in [6.45, 7) is 6.43. The van der Waals surface area contributed by atoms with Crippen LogP contribution in [-0.2, 0) is 4.79 Å². The van der Waals surface area contributed by atoms with Crippen molar-refractivity contribution in [2.45, 2.75) is 46.1 Å². The molecular weight excluding hydrogens is 220 g/mol. The van der Waals surface area contributed by atoms with E-state index in [0.717, 1.165) is 19.3 Å². The second-order valence-electron chi connectivity index (χ2n) is 4.43. The maximum atomic E-state index is 11.7. The Kier molecular flexibility index (Phi) is 7.34. The summed E-state index contributed by atoms with van der Waals surface area (Å²) in [5.41, 5.74) is 0. The van der Waals surface area contributed by atoms with Crippen molar-refractivity contribution in [2.24, 2.45) is 5.92 Å². The lowest BCUT2D eigenvalue weighted by molar-refractivity contribution is -0.140. The number of amides is 2. The van der Waals surface area contributed by atoms with E-state index < -0.39 is 12.0 Å². The number of carbonyl (C=O) groups excluding carboxylic acids is 1. The normalized spacial score (nSPS) is 13.9. The van der Waals surface area contributed by atoms with Gasteiger partial charge in [-0.2, -0.15) is 0 Å². The molecular formula is C12H24N2O3. The number of nitrogens with one attached hydrogen (secondary N) is 1. The second kappa shape index (κ2) is 7.92. The first-order valence-corrected chi connectivity index (χ1v) is 6.18. The molecule has 1 unspecified atom stereocenters. The molecule has 0 aliphatic carbocycles. The van der Waals surface area contributed by atoms with E-state index in [1.807, 2.05) is 20.8 Å². The van der Waals surface area contributed by atoms with Crippen LogP contribution < -0.4 is 5.32 Å². The van der Waals surface area contributed by atoms with Crippen LogP contribution >= 0.6 is 0 Å². The summed E-state index contributed by atoms with van der Waals surface area (Å²) in [5, 5.41) is 11.6. The smallest absolute Gasteiger partial charge is 0.326 e. The third-order valence-corrected chi connectivity index (χ3v) is 2.95. The van der Waals surface area contributed by atoms with Gasteiger partial charge in [0.1, 0.15) is 6.04 Å². The first-order valence-electron chi connectivity index (χ1n) is 6.18. The first kappa shape index (κ1) is 15.7. The summed E-state index contributed by atoms with van der Waals surface area (Å²) in [6.07, 6.45) is 2.65. The van der Waals surface area contributed by atoms with E-state index >= 15 is 0 Å². The topological polar surface area (TPSA) is 69.6 Å². The van der Waals surface area contributed by atoms with E-state index in [4.69, 9.17) is 5.11 Å². The third-order valence-electron chi connectivity index (χ3n) is 2.95. The SMILES string of the molecule is CCCCN(C)C(=O)N[C@H](C(=O)O)C(C)CC. The van der Waals surface area contributed by atoms with E-state index in [1.54, 1.807) is 7.05 Å². The van der Waals surface area contributed by atoms with Crippen molar-refractivity contribution in [1.29, 1.82) is 0 Å². The molecule has 0 bridgehead atoms. The van der Waals surface area contributed by atoms with Crippen LogP contribution in [0.1, 0.15) is 40.0 Å². The number of urea groups is 1. The Morgan fingerprint density at radius 3 is 2.35 bits per heavy atom. The summed E-state index contributed by atoms with van der Waals surface area (Å²) in [7, 11) is 1.68. The zero-order valence-electron chi connectivity index (χ0n) is 11.2. The lowest BCUT2D eigenvalue weighted by atomic mass is 9.99. The molecule has 0 heterocycles. The Bertz CT molecular complexity index is 256. The molecule has 0 radical (unpaired) electrons. The number of carboxylic acids is 1. The highest BCUT2D eigenvalue weighted by Gasteiger charge is 2.26. The van der Waals surface area contributed by atoms with Crippen molar-refractivity contribution >= 4 is 12.0 Å². The van der Waals surface area contributed by atoms with Gasteiger partial charge in [-0.3, -0.25) is 0 Å². The highest BCUT2D eigenvalue weighted by Crippen LogP contribution is 2.08. The summed E-state index contributed by atoms with van der Waals surface area (Å²) in [4.78, 5) is 24.3. The minimum atomic E-state index is -0.975. The van der Waals surface area contributed by atoms with E-state index in [0.29, 0.717) is 6.54 Å². The largest absolute Gasteiger partial charge is 0.480 e. The molecule has 0 spiro atoms. The molecule has 0 aromatic heterocycles. The molecule has 0 aromatic carbocycles. The van der Waals surface area contributed by atoms with Gasteiger partial charge < -0.3 is 15.3 Å². The molecule has 0 rings (SSSR count). The number of carbonyl (C=O) groups is 2. The van der Waals surface area contributed by atoms with Gasteiger partial charge in [0, 0.05) is 13.6 Å². The predicted molar refractivity (Wildman–Crippen MR) is 66.9 cm³/mol. The number of unbranched alkanes of at least 4 members (excludes halogenated alkanes) is 1. The van der Waals surface area contributed by atoms with Crippen LogP contribution in [-0.4, -0.2) is 41.6 Å². The lowest BCUT2D eigenvalue weighted by Crippen LogP contribution is -2.49. The van der Waals surface area contributed by atoms with E-state index in [2.05, 4.69) is 5.32 Å². The molecule has 0 saturated heterocycles. The number of hydrogen-bond donors (Lipinski definition) is 2. The average Bonchev–Trinajstić information content (AvgIpc) is 2.31. The van der Waals surface area contributed by atoms with Gasteiger partial charge in [-0.15, -0.1) is 0 Å². The fourth-order valence-corrected chi connectivity index (χ4v) is 1.42. The second-order valence-corrected chi connectivity index (χ2v) is 4.43. The quantitative estimate of drug-likeness (QED) is 0.719. The van der Waals surface area contributed by atoms with Crippen LogP contribution in [0.4, 0.5) is 4.79 Å². The number of hydrogen-bond acceptors (Lipinski definition) is 2. The fraction of sp³-hybridized carbons (Fsp3) is 0.833. The minimum Gasteiger partial charge on any atom is -0.480 e. The summed E-state index contributed by atoms with van der Waals surface area (Å²) >= 11 is 0. The molecule has 100 valence electrons. The maximum absolute atomic E-state index is 11.7. The van der Waals surface area contributed by atoms with Gasteiger partial charge in [-0.05, 0) is 12.3 Å². The van der Waals surface area contributed by atoms with Crippen LogP contribution in [0.2, 0.25) is 0 Å². The molecule has 0 aromatic rings. The van der Waals surface area contributed by atoms with Crippen molar-refractivity contribution < 1.29 is 14.7 Å². The van der Waals surface area contributed by atoms with Crippen LogP contribution in [0.3, 0.4) is 0 Å². The Morgan fingerprint density at radius 1 is 1.35 bits per heavy atom. The number of carboxylic acid groups (broad SMARTS) is 1. The van der Waals surface area contributed by atoms with E-state index in [-0.39, 0.29) is 11.9 Å². The molecule has 2 atom stereocenters. The van der Waals surface area contributed by atoms with Crippen molar-refractivity contribution in [2.75, 3.05) is 13.6 Å². The van der Waals surface area contributed by atoms with Crippen LogP contribution in [0.15, 0.2) is 0 Å². The van der Waals surface area contributed by atoms with E-state index in [9.17, 15) is 9.59 Å². The summed E-state index contributed by atoms with van der Waals surface area (Å²) in [5.74, 6) is -1.05. The molecule has 5 heteroatoms. The van der Waals surface area contributed by atoms with Gasteiger partial charge in [-0.25, -0.2) is 9.59 Å². The van der Waals surface area contributed by atoms with Crippen molar-refractivity contribution in [1.82, 2.24) is 10.2 Å². The summed E-state index contributed by atoms with van der Waals surface area (Å²) in [6, 6.07) is -1.12. The van der Waals surface area contributed by atoms with Gasteiger partial charge in [0.15, 0.2) is 0 Å². The number of nitrogens with zero attached hydrogens (tertiary/aromatic N) is 1. The Hall–Kier alpha value is -1.26. The predicted octanol–water partition coefficient (Wildman–Crippen LogP) is 1.93. The van der Waals surface area contributed by atoms with Crippen LogP contribution in [0.25, 0.3) is 0 Å². The summed E-state index contributed by atoms with van der Waals surface area (Å²) < 4.78 is 0. The maximum Gasteiger partial charge on any atom is 0.326 e. The zero-order valence-corrected chi connectivity index (χ0v) is 11.2. The molecule has 2 amide bonds. The molecule has 17 heavy (non-hydrogen) atoms. The Balaban J connectivity index is 4.35. The molecule has 0 fully saturated rings. The number of aliphatic carboxylic acids is 1. The highest BCUT2D eigenvalue weighted by atomic mass is 16.4. The van der Waals surface area contributed by atoms with Crippen molar-refractivity contribution in [3.8, 4) is 0 Å². The average molecular weight is 244 g/mol. The first-order chi connectivity index (χ1) is 7.93. The number of rotatable bonds is 7. The molecule has 0 aliphatic rings. The van der Waals surface area contributed by atoms with Gasteiger partial charge in [-0.1, -0.05) is 33.6 Å². The molecule has 2 N–H and O–H groups in total. The van der Waals surface area contributed by atoms with Gasteiger partial charge in [0.25, 0.3) is 0 Å². The molecule has 0 saturated carbocycles. The van der Waals surface area contributed by atoms with Crippen molar-refractivity contribution in [3.63, 3.8) is 0 Å². The van der Waals surface area contributed by atoms with Gasteiger partial charge >= 0.3 is 12.0 Å². The Morgan fingerprint density at radius 2 is 1.94 bits per heavy atom. The minimum absolute atomic E-state index is 0.0731. The van der Waals surface area contributed by atoms with Crippen LogP contribution in [0, 0.1) is 5.92 Å². The van der Waals surface area contributed by atoms with E-state index in [1.165, 1.54) is 4.90 Å². The lowest BCUT2D eigenvalue weighted by Gasteiger charge is -2.24.